The Bertz CT molecular complexity index is 522. The molecule has 0 saturated heterocycles. The summed E-state index contributed by atoms with van der Waals surface area (Å²) >= 11 is 1.88. The van der Waals surface area contributed by atoms with Gasteiger partial charge in [0, 0.05) is 12.1 Å². The van der Waals surface area contributed by atoms with E-state index in [1.807, 2.05) is 11.8 Å². The molecule has 0 fully saturated rings. The molecule has 0 saturated carbocycles. The van der Waals surface area contributed by atoms with Crippen molar-refractivity contribution >= 4 is 23.1 Å². The largest absolute Gasteiger partial charge is 1.00 e. The highest BCUT2D eigenvalue weighted by molar-refractivity contribution is 7.99. The zero-order chi connectivity index (χ0) is 11.9. The number of halogens is 1. The van der Waals surface area contributed by atoms with E-state index in [2.05, 4.69) is 62.5 Å². The first-order valence-corrected chi connectivity index (χ1v) is 6.80. The second-order valence-corrected chi connectivity index (χ2v) is 5.63. The Kier molecular flexibility index (Phi) is 3.71. The van der Waals surface area contributed by atoms with Crippen molar-refractivity contribution in [3.05, 3.63) is 48.5 Å². The van der Waals surface area contributed by atoms with Crippen LogP contribution in [-0.2, 0) is 0 Å². The minimum Gasteiger partial charge on any atom is -1.00 e. The number of hydrogen-bond donors (Lipinski definition) is 0. The van der Waals surface area contributed by atoms with Crippen LogP contribution in [0.3, 0.4) is 0 Å². The van der Waals surface area contributed by atoms with Gasteiger partial charge in [0.2, 0.25) is 0 Å². The van der Waals surface area contributed by atoms with Crippen LogP contribution in [0.5, 0.6) is 0 Å². The van der Waals surface area contributed by atoms with Gasteiger partial charge in [-0.3, -0.25) is 4.48 Å². The van der Waals surface area contributed by atoms with Crippen molar-refractivity contribution < 1.29 is 12.4 Å². The highest BCUT2D eigenvalue weighted by Crippen LogP contribution is 2.51. The maximum atomic E-state index is 2.30. The van der Waals surface area contributed by atoms with Crippen LogP contribution in [0.25, 0.3) is 0 Å². The Labute approximate surface area is 119 Å². The highest BCUT2D eigenvalue weighted by atomic mass is 35.5. The summed E-state index contributed by atoms with van der Waals surface area (Å²) < 4.78 is 0.902. The minimum atomic E-state index is 0. The molecule has 18 heavy (non-hydrogen) atoms. The molecule has 3 heteroatoms. The fraction of sp³-hybridized carbons (Fsp3) is 0.200. The molecule has 2 aromatic carbocycles. The van der Waals surface area contributed by atoms with Gasteiger partial charge < -0.3 is 12.4 Å². The number of quaternary nitrogens is 1. The predicted octanol–water partition coefficient (Wildman–Crippen LogP) is 1.44. The molecule has 2 aromatic rings. The molecular formula is C15H16ClNS. The van der Waals surface area contributed by atoms with E-state index in [4.69, 9.17) is 0 Å². The fourth-order valence-corrected chi connectivity index (χ4v) is 3.77. The number of para-hydroxylation sites is 2. The first kappa shape index (κ1) is 13.5. The number of benzene rings is 2. The number of rotatable bonds is 1. The van der Waals surface area contributed by atoms with Gasteiger partial charge in [0.15, 0.2) is 11.4 Å². The molecular weight excluding hydrogens is 262 g/mol. The zero-order valence-corrected chi connectivity index (χ0v) is 12.1. The molecule has 0 spiro atoms. The fourth-order valence-electron chi connectivity index (χ4n) is 2.49. The molecule has 0 N–H and O–H groups in total. The standard InChI is InChI=1S/C15H16NS.ClH/c1-3-16(2)12-8-4-6-10-14(12)17-15-11-7-5-9-13(15)16;/h4-11H,3H2,1-2H3;1H/q+1;/p-1. The molecule has 0 unspecified atom stereocenters. The van der Waals surface area contributed by atoms with Crippen LogP contribution >= 0.6 is 11.8 Å². The average Bonchev–Trinajstić information content (AvgIpc) is 2.39. The summed E-state index contributed by atoms with van der Waals surface area (Å²) in [5, 5.41) is 0. The van der Waals surface area contributed by atoms with Crippen LogP contribution in [0.15, 0.2) is 58.3 Å². The Morgan fingerprint density at radius 3 is 1.78 bits per heavy atom. The molecule has 1 aliphatic heterocycles. The molecule has 0 aromatic heterocycles. The van der Waals surface area contributed by atoms with Gasteiger partial charge in [-0.05, 0) is 19.1 Å². The summed E-state index contributed by atoms with van der Waals surface area (Å²) in [6.45, 7) is 3.33. The minimum absolute atomic E-state index is 0. The van der Waals surface area contributed by atoms with Crippen LogP contribution < -0.4 is 16.9 Å². The summed E-state index contributed by atoms with van der Waals surface area (Å²) in [4.78, 5) is 2.77. The lowest BCUT2D eigenvalue weighted by Crippen LogP contribution is -3.00. The molecule has 0 bridgehead atoms. The van der Waals surface area contributed by atoms with E-state index in [-0.39, 0.29) is 12.4 Å². The summed E-state index contributed by atoms with van der Waals surface area (Å²) in [6.07, 6.45) is 0. The van der Waals surface area contributed by atoms with Crippen molar-refractivity contribution in [3.8, 4) is 0 Å². The topological polar surface area (TPSA) is 0 Å². The molecule has 0 radical (unpaired) electrons. The third kappa shape index (κ3) is 1.85. The van der Waals surface area contributed by atoms with Crippen molar-refractivity contribution in [1.82, 2.24) is 4.48 Å². The summed E-state index contributed by atoms with van der Waals surface area (Å²) in [7, 11) is 2.30. The maximum absolute atomic E-state index is 2.30. The van der Waals surface area contributed by atoms with Gasteiger partial charge in [-0.15, -0.1) is 0 Å². The van der Waals surface area contributed by atoms with E-state index < -0.39 is 0 Å². The lowest BCUT2D eigenvalue weighted by molar-refractivity contribution is -0.00000338. The molecule has 0 aliphatic carbocycles. The van der Waals surface area contributed by atoms with E-state index >= 15 is 0 Å². The van der Waals surface area contributed by atoms with Crippen LogP contribution in [0.1, 0.15) is 6.92 Å². The number of hydrogen-bond acceptors (Lipinski definition) is 1. The quantitative estimate of drug-likeness (QED) is 0.711. The van der Waals surface area contributed by atoms with E-state index in [0.29, 0.717) is 0 Å². The van der Waals surface area contributed by atoms with Gasteiger partial charge in [0.1, 0.15) is 0 Å². The van der Waals surface area contributed by atoms with E-state index in [1.165, 1.54) is 21.2 Å². The van der Waals surface area contributed by atoms with Gasteiger partial charge in [-0.25, -0.2) is 0 Å². The molecule has 1 aliphatic rings. The summed E-state index contributed by atoms with van der Waals surface area (Å²) in [5.41, 5.74) is 2.83. The normalized spacial score (nSPS) is 15.2. The SMILES string of the molecule is CC[N+]1(C)c2ccccc2Sc2ccccc21.[Cl-]. The Morgan fingerprint density at radius 2 is 1.33 bits per heavy atom. The molecule has 94 valence electrons. The van der Waals surface area contributed by atoms with Gasteiger partial charge in [-0.1, -0.05) is 36.0 Å². The first-order chi connectivity index (χ1) is 8.25. The van der Waals surface area contributed by atoms with Gasteiger partial charge in [0.05, 0.1) is 23.4 Å². The van der Waals surface area contributed by atoms with Gasteiger partial charge in [0.25, 0.3) is 0 Å². The Balaban J connectivity index is 0.00000120. The molecule has 0 amide bonds. The molecule has 3 rings (SSSR count). The predicted molar refractivity (Wildman–Crippen MR) is 74.9 cm³/mol. The molecule has 1 nitrogen and oxygen atoms in total. The zero-order valence-electron chi connectivity index (χ0n) is 10.6. The Morgan fingerprint density at radius 1 is 0.889 bits per heavy atom. The smallest absolute Gasteiger partial charge is 0.151 e. The van der Waals surface area contributed by atoms with Crippen LogP contribution in [-0.4, -0.2) is 13.6 Å². The van der Waals surface area contributed by atoms with Crippen molar-refractivity contribution in [2.75, 3.05) is 13.6 Å². The lowest BCUT2D eigenvalue weighted by atomic mass is 10.2. The second kappa shape index (κ2) is 4.96. The monoisotopic (exact) mass is 277 g/mol. The Hall–Kier alpha value is -0.960. The van der Waals surface area contributed by atoms with E-state index in [9.17, 15) is 0 Å². The van der Waals surface area contributed by atoms with Crippen LogP contribution in [0, 0.1) is 0 Å². The highest BCUT2D eigenvalue weighted by Gasteiger charge is 2.35. The van der Waals surface area contributed by atoms with E-state index in [1.54, 1.807) is 0 Å². The van der Waals surface area contributed by atoms with Crippen molar-refractivity contribution in [2.24, 2.45) is 0 Å². The number of fused-ring (bicyclic) bond motifs is 2. The lowest BCUT2D eigenvalue weighted by Gasteiger charge is -2.37. The van der Waals surface area contributed by atoms with Crippen LogP contribution in [0.2, 0.25) is 0 Å². The average molecular weight is 278 g/mol. The molecule has 0 atom stereocenters. The summed E-state index contributed by atoms with van der Waals surface area (Å²) in [6, 6.07) is 17.5. The van der Waals surface area contributed by atoms with Gasteiger partial charge >= 0.3 is 0 Å². The third-order valence-electron chi connectivity index (χ3n) is 3.65. The van der Waals surface area contributed by atoms with Crippen molar-refractivity contribution in [1.29, 1.82) is 0 Å². The number of nitrogens with zero attached hydrogens (tertiary/aromatic N) is 1. The van der Waals surface area contributed by atoms with E-state index in [0.717, 1.165) is 11.0 Å². The maximum Gasteiger partial charge on any atom is 0.151 e. The van der Waals surface area contributed by atoms with Gasteiger partial charge in [-0.2, -0.15) is 0 Å². The summed E-state index contributed by atoms with van der Waals surface area (Å²) in [5.74, 6) is 0. The van der Waals surface area contributed by atoms with Crippen molar-refractivity contribution in [3.63, 3.8) is 0 Å². The molecule has 1 heterocycles. The second-order valence-electron chi connectivity index (χ2n) is 4.55. The first-order valence-electron chi connectivity index (χ1n) is 5.98. The third-order valence-corrected chi connectivity index (χ3v) is 4.78. The van der Waals surface area contributed by atoms with Crippen molar-refractivity contribution in [2.45, 2.75) is 16.7 Å². The van der Waals surface area contributed by atoms with Crippen LogP contribution in [0.4, 0.5) is 11.4 Å².